The van der Waals surface area contributed by atoms with E-state index < -0.39 is 0 Å². The number of nitrogens with one attached hydrogen (secondary N) is 2. The van der Waals surface area contributed by atoms with Gasteiger partial charge in [-0.05, 0) is 80.6 Å². The van der Waals surface area contributed by atoms with Crippen LogP contribution in [-0.2, 0) is 12.8 Å². The van der Waals surface area contributed by atoms with Crippen LogP contribution in [0.15, 0.2) is 42.5 Å². The number of amides is 2. The fourth-order valence-corrected chi connectivity index (χ4v) is 3.04. The smallest absolute Gasteiger partial charge is 0.319 e. The van der Waals surface area contributed by atoms with Gasteiger partial charge in [-0.3, -0.25) is 0 Å². The molecule has 5 heteroatoms. The molecule has 1 aliphatic carbocycles. The molecule has 0 atom stereocenters. The molecular weight excluding hydrogens is 328 g/mol. The molecule has 138 valence electrons. The minimum atomic E-state index is -0.250. The fraction of sp³-hybridized carbons (Fsp3) is 0.381. The molecule has 2 N–H and O–H groups in total. The van der Waals surface area contributed by atoms with Crippen molar-refractivity contribution in [1.29, 1.82) is 0 Å². The van der Waals surface area contributed by atoms with Crippen molar-refractivity contribution in [2.75, 3.05) is 18.5 Å². The van der Waals surface area contributed by atoms with Gasteiger partial charge >= 0.3 is 6.03 Å². The van der Waals surface area contributed by atoms with Gasteiger partial charge in [0.1, 0.15) is 18.1 Å². The number of aryl methyl sites for hydroxylation is 2. The molecule has 3 rings (SSSR count). The molecule has 0 unspecified atom stereocenters. The molecule has 0 heterocycles. The van der Waals surface area contributed by atoms with Crippen molar-refractivity contribution in [3.63, 3.8) is 0 Å². The van der Waals surface area contributed by atoms with Crippen molar-refractivity contribution < 1.29 is 14.3 Å². The third kappa shape index (κ3) is 5.15. The maximum Gasteiger partial charge on any atom is 0.319 e. The lowest BCUT2D eigenvalue weighted by Crippen LogP contribution is -2.32. The first-order valence-electron chi connectivity index (χ1n) is 9.16. The van der Waals surface area contributed by atoms with Crippen LogP contribution in [0, 0.1) is 0 Å². The third-order valence-corrected chi connectivity index (χ3v) is 4.21. The summed E-state index contributed by atoms with van der Waals surface area (Å²) in [5, 5.41) is 5.59. The molecule has 1 aliphatic rings. The van der Waals surface area contributed by atoms with Crippen LogP contribution in [0.3, 0.4) is 0 Å². The van der Waals surface area contributed by atoms with Crippen molar-refractivity contribution in [2.24, 2.45) is 0 Å². The Morgan fingerprint density at radius 1 is 1.04 bits per heavy atom. The van der Waals surface area contributed by atoms with Crippen LogP contribution >= 0.6 is 0 Å². The minimum Gasteiger partial charge on any atom is -0.492 e. The normalized spacial score (nSPS) is 12.6. The lowest BCUT2D eigenvalue weighted by molar-refractivity contribution is 0.242. The van der Waals surface area contributed by atoms with Gasteiger partial charge in [0.2, 0.25) is 0 Å². The van der Waals surface area contributed by atoms with Gasteiger partial charge in [0, 0.05) is 5.69 Å². The molecule has 0 spiro atoms. The van der Waals surface area contributed by atoms with Gasteiger partial charge in [0.05, 0.1) is 12.6 Å². The highest BCUT2D eigenvalue weighted by atomic mass is 16.5. The van der Waals surface area contributed by atoms with Crippen molar-refractivity contribution in [3.8, 4) is 11.5 Å². The van der Waals surface area contributed by atoms with Gasteiger partial charge in [-0.15, -0.1) is 0 Å². The zero-order chi connectivity index (χ0) is 18.4. The predicted octanol–water partition coefficient (Wildman–Crippen LogP) is 4.16. The van der Waals surface area contributed by atoms with Crippen LogP contribution in [0.2, 0.25) is 0 Å². The quantitative estimate of drug-likeness (QED) is 0.734. The van der Waals surface area contributed by atoms with Gasteiger partial charge in [-0.25, -0.2) is 4.79 Å². The molecule has 2 amide bonds. The lowest BCUT2D eigenvalue weighted by atomic mass is 10.1. The lowest BCUT2D eigenvalue weighted by Gasteiger charge is -2.12. The fourth-order valence-electron chi connectivity index (χ4n) is 3.04. The Balaban J connectivity index is 1.37. The van der Waals surface area contributed by atoms with E-state index in [0.717, 1.165) is 23.6 Å². The van der Waals surface area contributed by atoms with E-state index in [1.165, 1.54) is 24.0 Å². The first kappa shape index (κ1) is 18.1. The van der Waals surface area contributed by atoms with Crippen molar-refractivity contribution in [2.45, 2.75) is 39.2 Å². The third-order valence-electron chi connectivity index (χ3n) is 4.21. The summed E-state index contributed by atoms with van der Waals surface area (Å²) in [5.74, 6) is 1.65. The molecular formula is C21H26N2O3. The maximum atomic E-state index is 11.9. The summed E-state index contributed by atoms with van der Waals surface area (Å²) >= 11 is 0. The van der Waals surface area contributed by atoms with Crippen LogP contribution in [0.25, 0.3) is 0 Å². The number of anilines is 1. The molecule has 2 aromatic rings. The average Bonchev–Trinajstić information content (AvgIpc) is 3.08. The number of fused-ring (bicyclic) bond motifs is 1. The molecule has 0 saturated carbocycles. The summed E-state index contributed by atoms with van der Waals surface area (Å²) in [7, 11) is 0. The molecule has 0 saturated heterocycles. The van der Waals surface area contributed by atoms with E-state index in [9.17, 15) is 4.79 Å². The van der Waals surface area contributed by atoms with E-state index >= 15 is 0 Å². The predicted molar refractivity (Wildman–Crippen MR) is 103 cm³/mol. The first-order chi connectivity index (χ1) is 12.6. The Hall–Kier alpha value is -2.69. The van der Waals surface area contributed by atoms with Gasteiger partial charge < -0.3 is 20.1 Å². The molecule has 0 aromatic heterocycles. The topological polar surface area (TPSA) is 59.6 Å². The number of urea groups is 1. The Morgan fingerprint density at radius 3 is 2.54 bits per heavy atom. The maximum absolute atomic E-state index is 11.9. The summed E-state index contributed by atoms with van der Waals surface area (Å²) in [4.78, 5) is 11.9. The standard InChI is InChI=1S/C21H26N2O3/c1-15(2)26-19-10-7-18(8-11-19)23-21(24)22-12-13-25-20-9-6-16-4-3-5-17(16)14-20/h6-11,14-15H,3-5,12-13H2,1-2H3,(H2,22,23,24). The summed E-state index contributed by atoms with van der Waals surface area (Å²) in [6, 6.07) is 13.3. The Morgan fingerprint density at radius 2 is 1.77 bits per heavy atom. The van der Waals surface area contributed by atoms with Gasteiger partial charge in [-0.2, -0.15) is 0 Å². The van der Waals surface area contributed by atoms with E-state index in [0.29, 0.717) is 13.2 Å². The number of carbonyl (C=O) groups excluding carboxylic acids is 1. The van der Waals surface area contributed by atoms with E-state index in [-0.39, 0.29) is 12.1 Å². The van der Waals surface area contributed by atoms with Gasteiger partial charge in [0.15, 0.2) is 0 Å². The average molecular weight is 354 g/mol. The largest absolute Gasteiger partial charge is 0.492 e. The van der Waals surface area contributed by atoms with Crippen LogP contribution < -0.4 is 20.1 Å². The first-order valence-corrected chi connectivity index (χ1v) is 9.16. The van der Waals surface area contributed by atoms with Crippen molar-refractivity contribution in [3.05, 3.63) is 53.6 Å². The van der Waals surface area contributed by atoms with Gasteiger partial charge in [-0.1, -0.05) is 6.07 Å². The zero-order valence-electron chi connectivity index (χ0n) is 15.4. The van der Waals surface area contributed by atoms with E-state index in [1.807, 2.05) is 44.2 Å². The van der Waals surface area contributed by atoms with Crippen molar-refractivity contribution >= 4 is 11.7 Å². The molecule has 2 aromatic carbocycles. The summed E-state index contributed by atoms with van der Waals surface area (Å²) in [6.45, 7) is 4.83. The Labute approximate surface area is 154 Å². The highest BCUT2D eigenvalue weighted by Gasteiger charge is 2.11. The highest BCUT2D eigenvalue weighted by molar-refractivity contribution is 5.89. The van der Waals surface area contributed by atoms with E-state index in [4.69, 9.17) is 9.47 Å². The monoisotopic (exact) mass is 354 g/mol. The molecule has 0 bridgehead atoms. The molecule has 0 aliphatic heterocycles. The summed E-state index contributed by atoms with van der Waals surface area (Å²) in [5.41, 5.74) is 3.54. The Bertz CT molecular complexity index is 741. The second-order valence-electron chi connectivity index (χ2n) is 6.70. The summed E-state index contributed by atoms with van der Waals surface area (Å²) < 4.78 is 11.3. The van der Waals surface area contributed by atoms with E-state index in [2.05, 4.69) is 22.8 Å². The molecule has 26 heavy (non-hydrogen) atoms. The number of ether oxygens (including phenoxy) is 2. The number of carbonyl (C=O) groups is 1. The molecule has 5 nitrogen and oxygen atoms in total. The summed E-state index contributed by atoms with van der Waals surface area (Å²) in [6.07, 6.45) is 3.66. The van der Waals surface area contributed by atoms with E-state index in [1.54, 1.807) is 0 Å². The van der Waals surface area contributed by atoms with Crippen LogP contribution in [0.1, 0.15) is 31.4 Å². The second-order valence-corrected chi connectivity index (χ2v) is 6.70. The minimum absolute atomic E-state index is 0.128. The number of hydrogen-bond acceptors (Lipinski definition) is 3. The highest BCUT2D eigenvalue weighted by Crippen LogP contribution is 2.25. The van der Waals surface area contributed by atoms with Crippen LogP contribution in [0.5, 0.6) is 11.5 Å². The van der Waals surface area contributed by atoms with Crippen LogP contribution in [-0.4, -0.2) is 25.3 Å². The second kappa shape index (κ2) is 8.61. The number of benzene rings is 2. The number of hydrogen-bond donors (Lipinski definition) is 2. The Kier molecular flexibility index (Phi) is 6.00. The molecule has 0 fully saturated rings. The van der Waals surface area contributed by atoms with Crippen molar-refractivity contribution in [1.82, 2.24) is 5.32 Å². The molecule has 0 radical (unpaired) electrons. The zero-order valence-corrected chi connectivity index (χ0v) is 15.4. The number of rotatable bonds is 7. The SMILES string of the molecule is CC(C)Oc1ccc(NC(=O)NCCOc2ccc3c(c2)CCC3)cc1. The van der Waals surface area contributed by atoms with Gasteiger partial charge in [0.25, 0.3) is 0 Å². The van der Waals surface area contributed by atoms with Crippen LogP contribution in [0.4, 0.5) is 10.5 Å².